The lowest BCUT2D eigenvalue weighted by atomic mass is 9.94. The van der Waals surface area contributed by atoms with Crippen LogP contribution in [0.25, 0.3) is 0 Å². The lowest BCUT2D eigenvalue weighted by Crippen LogP contribution is -2.41. The molecule has 0 aliphatic heterocycles. The largest absolute Gasteiger partial charge is 0.340 e. The molecule has 0 atom stereocenters. The van der Waals surface area contributed by atoms with E-state index in [1.807, 2.05) is 0 Å². The van der Waals surface area contributed by atoms with Gasteiger partial charge in [0.25, 0.3) is 0 Å². The summed E-state index contributed by atoms with van der Waals surface area (Å²) in [4.78, 5) is 14.3. The number of hydrogen-bond donors (Lipinski definition) is 1. The van der Waals surface area contributed by atoms with E-state index in [4.69, 9.17) is 5.73 Å². The molecule has 0 radical (unpaired) electrons. The van der Waals surface area contributed by atoms with E-state index in [-0.39, 0.29) is 0 Å². The van der Waals surface area contributed by atoms with Gasteiger partial charge in [-0.05, 0) is 39.2 Å². The highest BCUT2D eigenvalue weighted by atomic mass is 16.2. The Kier molecular flexibility index (Phi) is 8.06. The molecular formula is C15H30N2O. The second-order valence-electron chi connectivity index (χ2n) is 5.42. The molecule has 3 heteroatoms. The predicted octanol–water partition coefficient (Wildman–Crippen LogP) is 3.08. The minimum absolute atomic E-state index is 0.372. The standard InChI is InChI=1S/C15H30N2O/c1-2-17(14-10-6-5-7-11-14)15(18)12-8-3-4-9-13-16/h14H,2-13,16H2,1H3. The summed E-state index contributed by atoms with van der Waals surface area (Å²) in [6.45, 7) is 3.77. The van der Waals surface area contributed by atoms with Crippen molar-refractivity contribution in [2.45, 2.75) is 77.2 Å². The maximum atomic E-state index is 12.2. The Balaban J connectivity index is 2.23. The van der Waals surface area contributed by atoms with Gasteiger partial charge < -0.3 is 10.6 Å². The molecule has 0 spiro atoms. The van der Waals surface area contributed by atoms with Crippen molar-refractivity contribution in [3.8, 4) is 0 Å². The van der Waals surface area contributed by atoms with Crippen LogP contribution in [0.15, 0.2) is 0 Å². The van der Waals surface area contributed by atoms with Crippen LogP contribution in [-0.4, -0.2) is 29.9 Å². The third-order valence-corrected chi connectivity index (χ3v) is 4.02. The number of nitrogens with zero attached hydrogens (tertiary/aromatic N) is 1. The van der Waals surface area contributed by atoms with Crippen LogP contribution < -0.4 is 5.73 Å². The lowest BCUT2D eigenvalue weighted by Gasteiger charge is -2.33. The highest BCUT2D eigenvalue weighted by Gasteiger charge is 2.23. The second-order valence-corrected chi connectivity index (χ2v) is 5.42. The molecule has 18 heavy (non-hydrogen) atoms. The molecule has 0 bridgehead atoms. The van der Waals surface area contributed by atoms with Gasteiger partial charge in [0.05, 0.1) is 0 Å². The van der Waals surface area contributed by atoms with Crippen LogP contribution >= 0.6 is 0 Å². The molecule has 2 N–H and O–H groups in total. The van der Waals surface area contributed by atoms with Crippen molar-refractivity contribution >= 4 is 5.91 Å². The minimum Gasteiger partial charge on any atom is -0.340 e. The fourth-order valence-electron chi connectivity index (χ4n) is 2.95. The zero-order valence-electron chi connectivity index (χ0n) is 12.0. The van der Waals surface area contributed by atoms with E-state index in [1.165, 1.54) is 38.5 Å². The molecule has 1 fully saturated rings. The van der Waals surface area contributed by atoms with Gasteiger partial charge >= 0.3 is 0 Å². The first-order valence-electron chi connectivity index (χ1n) is 7.79. The zero-order chi connectivity index (χ0) is 13.2. The lowest BCUT2D eigenvalue weighted by molar-refractivity contribution is -0.134. The number of carbonyl (C=O) groups excluding carboxylic acids is 1. The van der Waals surface area contributed by atoms with Crippen molar-refractivity contribution in [1.29, 1.82) is 0 Å². The van der Waals surface area contributed by atoms with Gasteiger partial charge in [0.1, 0.15) is 0 Å². The van der Waals surface area contributed by atoms with Crippen LogP contribution in [0.1, 0.15) is 71.1 Å². The molecule has 0 aromatic heterocycles. The Morgan fingerprint density at radius 3 is 2.39 bits per heavy atom. The Hall–Kier alpha value is -0.570. The summed E-state index contributed by atoms with van der Waals surface area (Å²) in [7, 11) is 0. The van der Waals surface area contributed by atoms with Gasteiger partial charge in [0, 0.05) is 19.0 Å². The third kappa shape index (κ3) is 5.38. The number of unbranched alkanes of at least 4 members (excludes halogenated alkanes) is 3. The van der Waals surface area contributed by atoms with Gasteiger partial charge in [-0.1, -0.05) is 32.1 Å². The molecule has 0 heterocycles. The zero-order valence-corrected chi connectivity index (χ0v) is 12.0. The molecule has 1 aliphatic carbocycles. The maximum absolute atomic E-state index is 12.2. The minimum atomic E-state index is 0.372. The molecule has 1 saturated carbocycles. The van der Waals surface area contributed by atoms with E-state index in [0.29, 0.717) is 11.9 Å². The average molecular weight is 254 g/mol. The summed E-state index contributed by atoms with van der Waals surface area (Å²) in [6, 6.07) is 0.528. The molecular weight excluding hydrogens is 224 g/mol. The number of amides is 1. The van der Waals surface area contributed by atoms with Crippen molar-refractivity contribution in [1.82, 2.24) is 4.90 Å². The summed E-state index contributed by atoms with van der Waals surface area (Å²) < 4.78 is 0. The smallest absolute Gasteiger partial charge is 0.222 e. The monoisotopic (exact) mass is 254 g/mol. The first-order chi connectivity index (χ1) is 8.79. The number of carbonyl (C=O) groups is 1. The third-order valence-electron chi connectivity index (χ3n) is 4.02. The Labute approximate surface area is 112 Å². The summed E-state index contributed by atoms with van der Waals surface area (Å²) in [5.74, 6) is 0.372. The Bertz CT molecular complexity index is 225. The van der Waals surface area contributed by atoms with Gasteiger partial charge in [-0.3, -0.25) is 4.79 Å². The second kappa shape index (κ2) is 9.37. The number of hydrogen-bond acceptors (Lipinski definition) is 2. The van der Waals surface area contributed by atoms with Crippen LogP contribution in [0.3, 0.4) is 0 Å². The molecule has 3 nitrogen and oxygen atoms in total. The summed E-state index contributed by atoms with van der Waals surface area (Å²) >= 11 is 0. The van der Waals surface area contributed by atoms with E-state index in [9.17, 15) is 4.79 Å². The highest BCUT2D eigenvalue weighted by Crippen LogP contribution is 2.23. The van der Waals surface area contributed by atoms with Gasteiger partial charge in [0.2, 0.25) is 5.91 Å². The van der Waals surface area contributed by atoms with Gasteiger partial charge in [0.15, 0.2) is 0 Å². The quantitative estimate of drug-likeness (QED) is 0.677. The van der Waals surface area contributed by atoms with E-state index < -0.39 is 0 Å². The number of nitrogens with two attached hydrogens (primary N) is 1. The van der Waals surface area contributed by atoms with Crippen molar-refractivity contribution in [3.63, 3.8) is 0 Å². The van der Waals surface area contributed by atoms with Gasteiger partial charge in [-0.2, -0.15) is 0 Å². The van der Waals surface area contributed by atoms with Crippen LogP contribution in [0.4, 0.5) is 0 Å². The highest BCUT2D eigenvalue weighted by molar-refractivity contribution is 5.76. The van der Waals surface area contributed by atoms with Gasteiger partial charge in [-0.15, -0.1) is 0 Å². The molecule has 0 aromatic carbocycles. The topological polar surface area (TPSA) is 46.3 Å². The Morgan fingerprint density at radius 1 is 1.11 bits per heavy atom. The molecule has 106 valence electrons. The maximum Gasteiger partial charge on any atom is 0.222 e. The normalized spacial score (nSPS) is 16.8. The summed E-state index contributed by atoms with van der Waals surface area (Å²) in [6.07, 6.45) is 11.5. The average Bonchev–Trinajstić information content (AvgIpc) is 2.40. The van der Waals surface area contributed by atoms with Crippen LogP contribution in [0.5, 0.6) is 0 Å². The molecule has 1 aliphatic rings. The molecule has 0 aromatic rings. The first-order valence-corrected chi connectivity index (χ1v) is 7.79. The Morgan fingerprint density at radius 2 is 1.78 bits per heavy atom. The van der Waals surface area contributed by atoms with E-state index in [0.717, 1.165) is 38.8 Å². The van der Waals surface area contributed by atoms with Crippen LogP contribution in [0, 0.1) is 0 Å². The van der Waals surface area contributed by atoms with E-state index in [1.54, 1.807) is 0 Å². The molecule has 0 unspecified atom stereocenters. The molecule has 1 rings (SSSR count). The van der Waals surface area contributed by atoms with Crippen molar-refractivity contribution in [2.75, 3.05) is 13.1 Å². The predicted molar refractivity (Wildman–Crippen MR) is 76.4 cm³/mol. The van der Waals surface area contributed by atoms with Gasteiger partial charge in [-0.25, -0.2) is 0 Å². The summed E-state index contributed by atoms with van der Waals surface area (Å²) in [5, 5.41) is 0. The van der Waals surface area contributed by atoms with Crippen molar-refractivity contribution in [3.05, 3.63) is 0 Å². The van der Waals surface area contributed by atoms with Crippen molar-refractivity contribution < 1.29 is 4.79 Å². The van der Waals surface area contributed by atoms with Crippen LogP contribution in [-0.2, 0) is 4.79 Å². The molecule has 0 saturated heterocycles. The number of rotatable bonds is 8. The fraction of sp³-hybridized carbons (Fsp3) is 0.933. The van der Waals surface area contributed by atoms with E-state index >= 15 is 0 Å². The summed E-state index contributed by atoms with van der Waals surface area (Å²) in [5.41, 5.74) is 5.46. The fourth-order valence-corrected chi connectivity index (χ4v) is 2.95. The van der Waals surface area contributed by atoms with E-state index in [2.05, 4.69) is 11.8 Å². The SMILES string of the molecule is CCN(C(=O)CCCCCCN)C1CCCCC1. The molecule has 1 amide bonds. The van der Waals surface area contributed by atoms with Crippen LogP contribution in [0.2, 0.25) is 0 Å². The van der Waals surface area contributed by atoms with Crippen molar-refractivity contribution in [2.24, 2.45) is 5.73 Å². The first kappa shape index (κ1) is 15.5.